The third-order valence-electron chi connectivity index (χ3n) is 2.88. The van der Waals surface area contributed by atoms with Gasteiger partial charge in [0.1, 0.15) is 0 Å². The van der Waals surface area contributed by atoms with Gasteiger partial charge in [-0.15, -0.1) is 0 Å². The molecular formula is C16H23NO. The van der Waals surface area contributed by atoms with Gasteiger partial charge in [0.05, 0.1) is 0 Å². The minimum Gasteiger partial charge on any atom is -0.345 e. The van der Waals surface area contributed by atoms with E-state index in [4.69, 9.17) is 0 Å². The van der Waals surface area contributed by atoms with Crippen molar-refractivity contribution in [3.63, 3.8) is 0 Å². The van der Waals surface area contributed by atoms with Crippen molar-refractivity contribution < 1.29 is 4.79 Å². The zero-order chi connectivity index (χ0) is 13.5. The minimum absolute atomic E-state index is 0.0538. The van der Waals surface area contributed by atoms with Gasteiger partial charge in [-0.25, -0.2) is 0 Å². The maximum Gasteiger partial charge on any atom is 0.253 e. The highest BCUT2D eigenvalue weighted by molar-refractivity contribution is 5.94. The van der Waals surface area contributed by atoms with Crippen molar-refractivity contribution in [1.82, 2.24) is 4.90 Å². The van der Waals surface area contributed by atoms with Crippen LogP contribution in [0.1, 0.15) is 49.0 Å². The summed E-state index contributed by atoms with van der Waals surface area (Å²) >= 11 is 0. The van der Waals surface area contributed by atoms with Gasteiger partial charge >= 0.3 is 0 Å². The lowest BCUT2D eigenvalue weighted by atomic mass is 9.99. The lowest BCUT2D eigenvalue weighted by Crippen LogP contribution is -2.21. The SMILES string of the molecule is CC/C=C(\CCC)c1ccc(C(=O)N(C)C)cc1. The fourth-order valence-electron chi connectivity index (χ4n) is 1.97. The summed E-state index contributed by atoms with van der Waals surface area (Å²) in [5, 5.41) is 0. The van der Waals surface area contributed by atoms with E-state index in [1.165, 1.54) is 11.1 Å². The summed E-state index contributed by atoms with van der Waals surface area (Å²) in [7, 11) is 3.55. The molecule has 2 heteroatoms. The van der Waals surface area contributed by atoms with Crippen molar-refractivity contribution in [2.45, 2.75) is 33.1 Å². The van der Waals surface area contributed by atoms with E-state index in [2.05, 4.69) is 19.9 Å². The van der Waals surface area contributed by atoms with Crippen LogP contribution >= 0.6 is 0 Å². The smallest absolute Gasteiger partial charge is 0.253 e. The Morgan fingerprint density at radius 1 is 1.11 bits per heavy atom. The van der Waals surface area contributed by atoms with Crippen molar-refractivity contribution in [2.75, 3.05) is 14.1 Å². The number of allylic oxidation sites excluding steroid dienone is 2. The number of benzene rings is 1. The third kappa shape index (κ3) is 3.73. The van der Waals surface area contributed by atoms with Crippen molar-refractivity contribution in [3.05, 3.63) is 41.5 Å². The molecule has 98 valence electrons. The Bertz CT molecular complexity index is 415. The van der Waals surface area contributed by atoms with E-state index in [9.17, 15) is 4.79 Å². The molecule has 0 bridgehead atoms. The molecule has 0 N–H and O–H groups in total. The van der Waals surface area contributed by atoms with Gasteiger partial charge in [-0.1, -0.05) is 38.5 Å². The summed E-state index contributed by atoms with van der Waals surface area (Å²) in [6.45, 7) is 4.34. The van der Waals surface area contributed by atoms with E-state index in [1.807, 2.05) is 24.3 Å². The largest absolute Gasteiger partial charge is 0.345 e. The summed E-state index contributed by atoms with van der Waals surface area (Å²) in [4.78, 5) is 13.4. The van der Waals surface area contributed by atoms with Crippen molar-refractivity contribution in [3.8, 4) is 0 Å². The van der Waals surface area contributed by atoms with Gasteiger partial charge < -0.3 is 4.90 Å². The van der Waals surface area contributed by atoms with Crippen molar-refractivity contribution in [2.24, 2.45) is 0 Å². The first-order chi connectivity index (χ1) is 8.60. The van der Waals surface area contributed by atoms with Gasteiger partial charge in [0.2, 0.25) is 0 Å². The Labute approximate surface area is 110 Å². The van der Waals surface area contributed by atoms with E-state index < -0.39 is 0 Å². The Balaban J connectivity index is 2.94. The van der Waals surface area contributed by atoms with E-state index in [0.717, 1.165) is 24.8 Å². The zero-order valence-corrected chi connectivity index (χ0v) is 11.9. The monoisotopic (exact) mass is 245 g/mol. The van der Waals surface area contributed by atoms with Crippen molar-refractivity contribution in [1.29, 1.82) is 0 Å². The zero-order valence-electron chi connectivity index (χ0n) is 11.9. The molecule has 2 nitrogen and oxygen atoms in total. The minimum atomic E-state index is 0.0538. The van der Waals surface area contributed by atoms with Gasteiger partial charge in [0.15, 0.2) is 0 Å². The average Bonchev–Trinajstić information content (AvgIpc) is 2.38. The number of hydrogen-bond acceptors (Lipinski definition) is 1. The molecule has 0 atom stereocenters. The molecule has 1 amide bonds. The Hall–Kier alpha value is -1.57. The molecule has 0 aliphatic heterocycles. The van der Waals surface area contributed by atoms with Gasteiger partial charge in [-0.2, -0.15) is 0 Å². The topological polar surface area (TPSA) is 20.3 Å². The van der Waals surface area contributed by atoms with E-state index in [-0.39, 0.29) is 5.91 Å². The summed E-state index contributed by atoms with van der Waals surface area (Å²) < 4.78 is 0. The molecule has 0 aliphatic carbocycles. The van der Waals surface area contributed by atoms with Crippen LogP contribution in [0.15, 0.2) is 30.3 Å². The summed E-state index contributed by atoms with van der Waals surface area (Å²) in [6, 6.07) is 7.93. The Morgan fingerprint density at radius 3 is 2.11 bits per heavy atom. The second-order valence-electron chi connectivity index (χ2n) is 4.66. The molecule has 1 rings (SSSR count). The summed E-state index contributed by atoms with van der Waals surface area (Å²) in [5.74, 6) is 0.0538. The first-order valence-electron chi connectivity index (χ1n) is 6.61. The number of rotatable bonds is 5. The number of nitrogens with zero attached hydrogens (tertiary/aromatic N) is 1. The van der Waals surface area contributed by atoms with Crippen LogP contribution < -0.4 is 0 Å². The fraction of sp³-hybridized carbons (Fsp3) is 0.438. The van der Waals surface area contributed by atoms with Gasteiger partial charge in [-0.3, -0.25) is 4.79 Å². The Morgan fingerprint density at radius 2 is 1.67 bits per heavy atom. The Kier molecular flexibility index (Phi) is 5.63. The number of hydrogen-bond donors (Lipinski definition) is 0. The summed E-state index contributed by atoms with van der Waals surface area (Å²) in [6.07, 6.45) is 5.55. The first kappa shape index (κ1) is 14.5. The third-order valence-corrected chi connectivity index (χ3v) is 2.88. The molecule has 1 aromatic rings. The van der Waals surface area contributed by atoms with E-state index in [0.29, 0.717) is 0 Å². The number of carbonyl (C=O) groups is 1. The fourth-order valence-corrected chi connectivity index (χ4v) is 1.97. The highest BCUT2D eigenvalue weighted by Gasteiger charge is 2.08. The second-order valence-corrected chi connectivity index (χ2v) is 4.66. The first-order valence-corrected chi connectivity index (χ1v) is 6.61. The highest BCUT2D eigenvalue weighted by Crippen LogP contribution is 2.21. The molecule has 0 radical (unpaired) electrons. The predicted octanol–water partition coefficient (Wildman–Crippen LogP) is 3.98. The maximum absolute atomic E-state index is 11.8. The number of carbonyl (C=O) groups excluding carboxylic acids is 1. The standard InChI is InChI=1S/C16H23NO/c1-5-7-13(8-6-2)14-9-11-15(12-10-14)16(18)17(3)4/h7,9-12H,5-6,8H2,1-4H3/b13-7+. The lowest BCUT2D eigenvalue weighted by Gasteiger charge is -2.11. The molecule has 18 heavy (non-hydrogen) atoms. The van der Waals surface area contributed by atoms with Crippen LogP contribution in [0.2, 0.25) is 0 Å². The second kappa shape index (κ2) is 7.00. The van der Waals surface area contributed by atoms with Crippen LogP contribution in [0.25, 0.3) is 5.57 Å². The van der Waals surface area contributed by atoms with E-state index in [1.54, 1.807) is 19.0 Å². The van der Waals surface area contributed by atoms with Crippen LogP contribution in [-0.2, 0) is 0 Å². The van der Waals surface area contributed by atoms with Crippen LogP contribution in [0.3, 0.4) is 0 Å². The van der Waals surface area contributed by atoms with Crippen LogP contribution in [-0.4, -0.2) is 24.9 Å². The quantitative estimate of drug-likeness (QED) is 0.768. The molecular weight excluding hydrogens is 222 g/mol. The molecule has 0 spiro atoms. The molecule has 0 saturated carbocycles. The average molecular weight is 245 g/mol. The molecule has 1 aromatic carbocycles. The van der Waals surface area contributed by atoms with Gasteiger partial charge in [0, 0.05) is 19.7 Å². The molecule has 0 heterocycles. The lowest BCUT2D eigenvalue weighted by molar-refractivity contribution is 0.0827. The molecule has 0 unspecified atom stereocenters. The molecule has 0 saturated heterocycles. The van der Waals surface area contributed by atoms with Gasteiger partial charge in [0.25, 0.3) is 5.91 Å². The number of amides is 1. The molecule has 0 aromatic heterocycles. The maximum atomic E-state index is 11.8. The van der Waals surface area contributed by atoms with Crippen LogP contribution in [0, 0.1) is 0 Å². The van der Waals surface area contributed by atoms with Crippen LogP contribution in [0.4, 0.5) is 0 Å². The van der Waals surface area contributed by atoms with Gasteiger partial charge in [-0.05, 0) is 36.1 Å². The highest BCUT2D eigenvalue weighted by atomic mass is 16.2. The van der Waals surface area contributed by atoms with E-state index >= 15 is 0 Å². The van der Waals surface area contributed by atoms with Crippen molar-refractivity contribution >= 4 is 11.5 Å². The molecule has 0 aliphatic rings. The summed E-state index contributed by atoms with van der Waals surface area (Å²) in [5.41, 5.74) is 3.36. The van der Waals surface area contributed by atoms with Crippen LogP contribution in [0.5, 0.6) is 0 Å². The normalized spacial score (nSPS) is 11.4. The molecule has 0 fully saturated rings. The predicted molar refractivity (Wildman–Crippen MR) is 77.6 cm³/mol.